The van der Waals surface area contributed by atoms with Gasteiger partial charge < -0.3 is 14.4 Å². The second kappa shape index (κ2) is 14.0. The fourth-order valence-electron chi connectivity index (χ4n) is 4.71. The summed E-state index contributed by atoms with van der Waals surface area (Å²) in [5.41, 5.74) is 1.57. The normalized spacial score (nSPS) is 21.2. The van der Waals surface area contributed by atoms with E-state index < -0.39 is 24.5 Å². The number of pyridine rings is 1. The van der Waals surface area contributed by atoms with Crippen molar-refractivity contribution in [2.75, 3.05) is 26.2 Å². The van der Waals surface area contributed by atoms with E-state index in [0.717, 1.165) is 55.6 Å². The molecule has 3 rings (SSSR count). The third-order valence-corrected chi connectivity index (χ3v) is 6.67. The van der Waals surface area contributed by atoms with Crippen molar-refractivity contribution in [3.05, 3.63) is 23.4 Å². The van der Waals surface area contributed by atoms with E-state index in [0.29, 0.717) is 0 Å². The van der Waals surface area contributed by atoms with E-state index in [4.69, 9.17) is 9.47 Å². The van der Waals surface area contributed by atoms with Crippen molar-refractivity contribution in [1.82, 2.24) is 9.88 Å². The highest BCUT2D eigenvalue weighted by Gasteiger charge is 2.29. The average Bonchev–Trinajstić information content (AvgIpc) is 3.12. The molecule has 0 bridgehead atoms. The molecule has 0 aromatic carbocycles. The molecule has 1 aliphatic carbocycles. The maximum Gasteiger partial charge on any atom is 0.433 e. The number of fused-ring (bicyclic) bond motifs is 1. The van der Waals surface area contributed by atoms with Crippen molar-refractivity contribution >= 4 is 12.8 Å². The summed E-state index contributed by atoms with van der Waals surface area (Å²) < 4.78 is 46.5. The summed E-state index contributed by atoms with van der Waals surface area (Å²) in [7, 11) is 0. The quantitative estimate of drug-likeness (QED) is 0.326. The number of aliphatic imine (C=N–C) groups is 1. The minimum absolute atomic E-state index is 0.0757. The molecule has 2 heterocycles. The van der Waals surface area contributed by atoms with Crippen LogP contribution in [0.5, 0.6) is 5.88 Å². The van der Waals surface area contributed by atoms with Crippen LogP contribution in [0, 0.1) is 11.8 Å². The number of alkyl halides is 3. The van der Waals surface area contributed by atoms with Crippen molar-refractivity contribution in [2.45, 2.75) is 90.8 Å². The lowest BCUT2D eigenvalue weighted by molar-refractivity contribution is -0.154. The Kier molecular flexibility index (Phi) is 11.7. The first-order valence-electron chi connectivity index (χ1n) is 13.0. The Hall–Kier alpha value is -2.16. The largest absolute Gasteiger partial charge is 0.468 e. The number of halogens is 3. The third kappa shape index (κ3) is 11.7. The SMILES string of the molecule is C=NC(=O)OC(C)(C)C.CC1CCCCC[C@@H]1CCN1CCc2ccc(OCC(F)(F)F)nc2CC1. The number of aromatic nitrogens is 1. The predicted molar refractivity (Wildman–Crippen MR) is 136 cm³/mol. The van der Waals surface area contributed by atoms with Crippen LogP contribution < -0.4 is 4.74 Å². The van der Waals surface area contributed by atoms with Crippen LogP contribution in [0.1, 0.15) is 77.5 Å². The Morgan fingerprint density at radius 3 is 2.47 bits per heavy atom. The summed E-state index contributed by atoms with van der Waals surface area (Å²) in [5.74, 6) is 1.73. The lowest BCUT2D eigenvalue weighted by Crippen LogP contribution is -2.29. The molecule has 1 aromatic rings. The van der Waals surface area contributed by atoms with Gasteiger partial charge in [0.05, 0.1) is 0 Å². The molecule has 0 radical (unpaired) electrons. The lowest BCUT2D eigenvalue weighted by Gasteiger charge is -2.26. The molecule has 6 nitrogen and oxygen atoms in total. The molecule has 2 atom stereocenters. The van der Waals surface area contributed by atoms with Gasteiger partial charge >= 0.3 is 12.3 Å². The Labute approximate surface area is 213 Å². The molecule has 1 amide bonds. The molecule has 1 fully saturated rings. The average molecular weight is 514 g/mol. The first-order valence-corrected chi connectivity index (χ1v) is 13.0. The van der Waals surface area contributed by atoms with E-state index in [1.807, 2.05) is 6.07 Å². The minimum Gasteiger partial charge on any atom is -0.468 e. The van der Waals surface area contributed by atoms with Gasteiger partial charge in [0.25, 0.3) is 0 Å². The second-order valence-corrected chi connectivity index (χ2v) is 10.8. The van der Waals surface area contributed by atoms with Gasteiger partial charge in [-0.05, 0) is 64.3 Å². The van der Waals surface area contributed by atoms with Gasteiger partial charge in [-0.2, -0.15) is 18.2 Å². The molecule has 1 aliphatic heterocycles. The Bertz CT molecular complexity index is 840. The molecule has 9 heteroatoms. The Morgan fingerprint density at radius 2 is 1.83 bits per heavy atom. The number of amides is 1. The summed E-state index contributed by atoms with van der Waals surface area (Å²) in [5, 5.41) is 0. The van der Waals surface area contributed by atoms with Crippen molar-refractivity contribution in [2.24, 2.45) is 16.8 Å². The van der Waals surface area contributed by atoms with Crippen molar-refractivity contribution < 1.29 is 27.4 Å². The molecule has 0 spiro atoms. The second-order valence-electron chi connectivity index (χ2n) is 10.8. The molecule has 1 saturated carbocycles. The minimum atomic E-state index is -4.33. The van der Waals surface area contributed by atoms with Crippen molar-refractivity contribution in [3.63, 3.8) is 0 Å². The zero-order valence-electron chi connectivity index (χ0n) is 22.2. The van der Waals surface area contributed by atoms with Crippen LogP contribution in [-0.4, -0.2) is 60.7 Å². The number of carbonyl (C=O) groups excluding carboxylic acids is 1. The summed E-state index contributed by atoms with van der Waals surface area (Å²) in [4.78, 5) is 20.3. The van der Waals surface area contributed by atoms with Gasteiger partial charge in [-0.3, -0.25) is 0 Å². The van der Waals surface area contributed by atoms with Crippen LogP contribution in [0.25, 0.3) is 0 Å². The van der Waals surface area contributed by atoms with Crippen molar-refractivity contribution in [1.29, 1.82) is 0 Å². The highest BCUT2D eigenvalue weighted by atomic mass is 19.4. The summed E-state index contributed by atoms with van der Waals surface area (Å²) in [6.45, 7) is 12.5. The maximum absolute atomic E-state index is 12.3. The monoisotopic (exact) mass is 513 g/mol. The van der Waals surface area contributed by atoms with E-state index >= 15 is 0 Å². The first kappa shape index (κ1) is 30.1. The van der Waals surface area contributed by atoms with E-state index in [9.17, 15) is 18.0 Å². The molecule has 36 heavy (non-hydrogen) atoms. The Balaban J connectivity index is 0.000000434. The number of rotatable bonds is 5. The third-order valence-electron chi connectivity index (χ3n) is 6.67. The molecule has 2 aliphatic rings. The maximum atomic E-state index is 12.3. The molecule has 1 unspecified atom stereocenters. The molecular weight excluding hydrogens is 471 g/mol. The first-order chi connectivity index (χ1) is 16.9. The zero-order chi connectivity index (χ0) is 26.8. The topological polar surface area (TPSA) is 64.0 Å². The van der Waals surface area contributed by atoms with Gasteiger partial charge in [0.2, 0.25) is 5.88 Å². The highest BCUT2D eigenvalue weighted by molar-refractivity contribution is 5.73. The molecule has 0 saturated heterocycles. The standard InChI is InChI=1S/C21H31F3N2O.C6H11NO2/c1-16-5-3-2-4-6-17(16)9-12-26-13-10-18-7-8-20(25-19(18)11-14-26)27-15-21(22,23)24;1-6(2,3)9-5(8)7-4/h7-8,16-17H,2-6,9-15H2,1H3;4H2,1-3H3/t16?,17-;/m1./s1. The van der Waals surface area contributed by atoms with Gasteiger partial charge in [0.15, 0.2) is 6.61 Å². The van der Waals surface area contributed by atoms with Gasteiger partial charge in [-0.25, -0.2) is 9.78 Å². The van der Waals surface area contributed by atoms with Crippen LogP contribution in [0.15, 0.2) is 17.1 Å². The van der Waals surface area contributed by atoms with Gasteiger partial charge in [0.1, 0.15) is 5.60 Å². The lowest BCUT2D eigenvalue weighted by atomic mass is 9.87. The van der Waals surface area contributed by atoms with Crippen LogP contribution in [0.2, 0.25) is 0 Å². The van der Waals surface area contributed by atoms with E-state index in [1.165, 1.54) is 38.5 Å². The zero-order valence-corrected chi connectivity index (χ0v) is 22.2. The molecule has 204 valence electrons. The number of nitrogens with zero attached hydrogens (tertiary/aromatic N) is 3. The van der Waals surface area contributed by atoms with Crippen LogP contribution in [0.4, 0.5) is 18.0 Å². The summed E-state index contributed by atoms with van der Waals surface area (Å²) in [6.07, 6.45) is 4.82. The molecule has 0 N–H and O–H groups in total. The molecular formula is C27H42F3N3O3. The van der Waals surface area contributed by atoms with Gasteiger partial charge in [0, 0.05) is 31.3 Å². The number of hydrogen-bond donors (Lipinski definition) is 0. The van der Waals surface area contributed by atoms with Crippen LogP contribution >= 0.6 is 0 Å². The summed E-state index contributed by atoms with van der Waals surface area (Å²) >= 11 is 0. The van der Waals surface area contributed by atoms with Crippen LogP contribution in [0.3, 0.4) is 0 Å². The smallest absolute Gasteiger partial charge is 0.433 e. The van der Waals surface area contributed by atoms with Gasteiger partial charge in [-0.15, -0.1) is 0 Å². The van der Waals surface area contributed by atoms with E-state index in [2.05, 4.69) is 28.5 Å². The summed E-state index contributed by atoms with van der Waals surface area (Å²) in [6, 6.07) is 3.44. The number of ether oxygens (including phenoxy) is 2. The van der Waals surface area contributed by atoms with Gasteiger partial charge in [-0.1, -0.05) is 45.1 Å². The number of carbonyl (C=O) groups is 1. The molecule has 1 aromatic heterocycles. The van der Waals surface area contributed by atoms with Crippen LogP contribution in [-0.2, 0) is 17.6 Å². The predicted octanol–water partition coefficient (Wildman–Crippen LogP) is 6.65. The fraction of sp³-hybridized carbons (Fsp3) is 0.741. The Morgan fingerprint density at radius 1 is 1.14 bits per heavy atom. The fourth-order valence-corrected chi connectivity index (χ4v) is 4.71. The number of hydrogen-bond acceptors (Lipinski definition) is 5. The van der Waals surface area contributed by atoms with E-state index in [-0.39, 0.29) is 5.88 Å². The highest BCUT2D eigenvalue weighted by Crippen LogP contribution is 2.31. The van der Waals surface area contributed by atoms with E-state index in [1.54, 1.807) is 26.8 Å². The van der Waals surface area contributed by atoms with Crippen molar-refractivity contribution in [3.8, 4) is 5.88 Å².